The Morgan fingerprint density at radius 3 is 1.94 bits per heavy atom. The Morgan fingerprint density at radius 2 is 1.62 bits per heavy atom. The normalized spacial score (nSPS) is 11.8. The number of carbonyl (C=O) groups is 1. The summed E-state index contributed by atoms with van der Waals surface area (Å²) >= 11 is 3.24. The minimum absolute atomic E-state index is 0.388. The van der Waals surface area contributed by atoms with Crippen molar-refractivity contribution in [3.63, 3.8) is 0 Å². The molecule has 0 aliphatic carbocycles. The lowest BCUT2D eigenvalue weighted by molar-refractivity contribution is -0.107. The van der Waals surface area contributed by atoms with Crippen LogP contribution in [0.15, 0.2) is 12.1 Å². The third-order valence-electron chi connectivity index (χ3n) is 2.12. The Morgan fingerprint density at radius 1 is 1.12 bits per heavy atom. The van der Waals surface area contributed by atoms with Crippen molar-refractivity contribution < 1.29 is 19.0 Å². The second kappa shape index (κ2) is 5.75. The zero-order chi connectivity index (χ0) is 12.1. The monoisotopic (exact) mass is 288 g/mol. The highest BCUT2D eigenvalue weighted by atomic mass is 79.9. The number of hydrogen-bond donors (Lipinski definition) is 0. The van der Waals surface area contributed by atoms with Crippen LogP contribution in [-0.2, 0) is 4.79 Å². The maximum Gasteiger partial charge on any atom is 0.203 e. The van der Waals surface area contributed by atoms with E-state index < -0.39 is 0 Å². The molecule has 4 nitrogen and oxygen atoms in total. The Balaban J connectivity index is 3.30. The van der Waals surface area contributed by atoms with E-state index in [0.29, 0.717) is 17.2 Å². The number of methoxy groups -OCH3 is 3. The van der Waals surface area contributed by atoms with Crippen molar-refractivity contribution in [3.8, 4) is 17.2 Å². The molecule has 16 heavy (non-hydrogen) atoms. The summed E-state index contributed by atoms with van der Waals surface area (Å²) in [6.07, 6.45) is 0.792. The van der Waals surface area contributed by atoms with Crippen molar-refractivity contribution in [1.82, 2.24) is 0 Å². The summed E-state index contributed by atoms with van der Waals surface area (Å²) in [5.41, 5.74) is 0.754. The minimum atomic E-state index is -0.388. The first kappa shape index (κ1) is 12.8. The van der Waals surface area contributed by atoms with Crippen molar-refractivity contribution in [2.24, 2.45) is 0 Å². The first-order valence-electron chi connectivity index (χ1n) is 4.57. The topological polar surface area (TPSA) is 44.8 Å². The van der Waals surface area contributed by atoms with Crippen molar-refractivity contribution in [2.45, 2.75) is 4.83 Å². The highest BCUT2D eigenvalue weighted by Crippen LogP contribution is 2.40. The fraction of sp³-hybridized carbons (Fsp3) is 0.364. The molecule has 0 saturated carbocycles. The van der Waals surface area contributed by atoms with Gasteiger partial charge in [-0.15, -0.1) is 0 Å². The van der Waals surface area contributed by atoms with Gasteiger partial charge in [0.1, 0.15) is 6.29 Å². The van der Waals surface area contributed by atoms with Crippen LogP contribution in [0.5, 0.6) is 17.2 Å². The minimum Gasteiger partial charge on any atom is -0.493 e. The van der Waals surface area contributed by atoms with Crippen LogP contribution >= 0.6 is 15.9 Å². The lowest BCUT2D eigenvalue weighted by atomic mass is 10.1. The van der Waals surface area contributed by atoms with Gasteiger partial charge in [0.05, 0.1) is 26.2 Å². The molecule has 0 fully saturated rings. The van der Waals surface area contributed by atoms with Crippen LogP contribution in [0.4, 0.5) is 0 Å². The van der Waals surface area contributed by atoms with Gasteiger partial charge in [-0.3, -0.25) is 0 Å². The second-order valence-electron chi connectivity index (χ2n) is 3.00. The van der Waals surface area contributed by atoms with E-state index in [0.717, 1.165) is 11.8 Å². The predicted molar refractivity (Wildman–Crippen MR) is 63.8 cm³/mol. The van der Waals surface area contributed by atoms with Crippen molar-refractivity contribution in [2.75, 3.05) is 21.3 Å². The molecule has 0 N–H and O–H groups in total. The number of rotatable bonds is 5. The average Bonchev–Trinajstić information content (AvgIpc) is 2.35. The molecule has 0 aliphatic heterocycles. The molecule has 0 heterocycles. The van der Waals surface area contributed by atoms with Gasteiger partial charge in [0.2, 0.25) is 5.75 Å². The number of ether oxygens (including phenoxy) is 3. The number of halogens is 1. The standard InChI is InChI=1S/C11H13BrO4/c1-14-9-4-7(8(12)6-13)5-10(15-2)11(9)16-3/h4-6,8H,1-3H3. The molecule has 1 rings (SSSR count). The molecule has 0 spiro atoms. The van der Waals surface area contributed by atoms with Crippen LogP contribution in [0.1, 0.15) is 10.4 Å². The Bertz CT molecular complexity index is 353. The average molecular weight is 289 g/mol. The highest BCUT2D eigenvalue weighted by molar-refractivity contribution is 9.09. The molecule has 1 aromatic rings. The van der Waals surface area contributed by atoms with E-state index >= 15 is 0 Å². The van der Waals surface area contributed by atoms with E-state index in [1.54, 1.807) is 12.1 Å². The summed E-state index contributed by atoms with van der Waals surface area (Å²) in [6.45, 7) is 0. The summed E-state index contributed by atoms with van der Waals surface area (Å²) in [4.78, 5) is 10.3. The van der Waals surface area contributed by atoms with Crippen molar-refractivity contribution >= 4 is 22.2 Å². The maximum atomic E-state index is 10.7. The summed E-state index contributed by atoms with van der Waals surface area (Å²) in [5.74, 6) is 1.57. The fourth-order valence-electron chi connectivity index (χ4n) is 1.34. The second-order valence-corrected chi connectivity index (χ2v) is 3.98. The van der Waals surface area contributed by atoms with Gasteiger partial charge in [-0.1, -0.05) is 15.9 Å². The van der Waals surface area contributed by atoms with Crippen LogP contribution in [0.25, 0.3) is 0 Å². The van der Waals surface area contributed by atoms with Crippen LogP contribution in [0.2, 0.25) is 0 Å². The molecule has 0 aliphatic rings. The highest BCUT2D eigenvalue weighted by Gasteiger charge is 2.16. The first-order valence-corrected chi connectivity index (χ1v) is 5.48. The number of benzene rings is 1. The maximum absolute atomic E-state index is 10.7. The van der Waals surface area contributed by atoms with Gasteiger partial charge in [-0.05, 0) is 17.7 Å². The quantitative estimate of drug-likeness (QED) is 0.616. The largest absolute Gasteiger partial charge is 0.493 e. The summed E-state index contributed by atoms with van der Waals surface area (Å²) < 4.78 is 15.5. The van der Waals surface area contributed by atoms with Crippen LogP contribution in [-0.4, -0.2) is 27.6 Å². The number of hydrogen-bond acceptors (Lipinski definition) is 4. The number of carbonyl (C=O) groups excluding carboxylic acids is 1. The summed E-state index contributed by atoms with van der Waals surface area (Å²) in [7, 11) is 4.60. The van der Waals surface area contributed by atoms with E-state index in [4.69, 9.17) is 14.2 Å². The summed E-state index contributed by atoms with van der Waals surface area (Å²) in [6, 6.07) is 3.46. The lowest BCUT2D eigenvalue weighted by Crippen LogP contribution is -1.98. The number of alkyl halides is 1. The molecule has 1 unspecified atom stereocenters. The molecule has 1 aromatic carbocycles. The molecular weight excluding hydrogens is 276 g/mol. The van der Waals surface area contributed by atoms with Gasteiger partial charge >= 0.3 is 0 Å². The summed E-state index contributed by atoms with van der Waals surface area (Å²) in [5, 5.41) is 0. The molecule has 0 bridgehead atoms. The zero-order valence-electron chi connectivity index (χ0n) is 9.32. The third kappa shape index (κ3) is 2.47. The van der Waals surface area contributed by atoms with Crippen molar-refractivity contribution in [1.29, 1.82) is 0 Å². The Labute approximate surface area is 103 Å². The van der Waals surface area contributed by atoms with Gasteiger partial charge in [0.15, 0.2) is 11.5 Å². The Kier molecular flexibility index (Phi) is 4.61. The molecule has 0 saturated heterocycles. The SMILES string of the molecule is COc1cc(C(Br)C=O)cc(OC)c1OC. The molecule has 1 atom stereocenters. The van der Waals surface area contributed by atoms with E-state index in [2.05, 4.69) is 15.9 Å². The number of aldehydes is 1. The van der Waals surface area contributed by atoms with Gasteiger partial charge < -0.3 is 19.0 Å². The molecule has 0 radical (unpaired) electrons. The third-order valence-corrected chi connectivity index (χ3v) is 2.87. The van der Waals surface area contributed by atoms with Gasteiger partial charge in [-0.2, -0.15) is 0 Å². The molecule has 0 amide bonds. The van der Waals surface area contributed by atoms with Crippen molar-refractivity contribution in [3.05, 3.63) is 17.7 Å². The first-order chi connectivity index (χ1) is 7.67. The molecular formula is C11H13BrO4. The van der Waals surface area contributed by atoms with E-state index in [-0.39, 0.29) is 4.83 Å². The molecule has 0 aromatic heterocycles. The van der Waals surface area contributed by atoms with Gasteiger partial charge in [-0.25, -0.2) is 0 Å². The van der Waals surface area contributed by atoms with Crippen LogP contribution in [0, 0.1) is 0 Å². The van der Waals surface area contributed by atoms with Gasteiger partial charge in [0, 0.05) is 0 Å². The Hall–Kier alpha value is -1.23. The van der Waals surface area contributed by atoms with E-state index in [1.807, 2.05) is 0 Å². The van der Waals surface area contributed by atoms with E-state index in [9.17, 15) is 4.79 Å². The smallest absolute Gasteiger partial charge is 0.203 e. The zero-order valence-corrected chi connectivity index (χ0v) is 10.9. The predicted octanol–water partition coefficient (Wildman–Crippen LogP) is 2.35. The van der Waals surface area contributed by atoms with Gasteiger partial charge in [0.25, 0.3) is 0 Å². The molecule has 88 valence electrons. The molecule has 5 heteroatoms. The fourth-order valence-corrected chi connectivity index (χ4v) is 1.60. The van der Waals surface area contributed by atoms with E-state index in [1.165, 1.54) is 21.3 Å². The van der Waals surface area contributed by atoms with Crippen LogP contribution in [0.3, 0.4) is 0 Å². The van der Waals surface area contributed by atoms with Crippen LogP contribution < -0.4 is 14.2 Å². The lowest BCUT2D eigenvalue weighted by Gasteiger charge is -2.14.